The molecule has 160 valence electrons. The number of nitrogens with one attached hydrogen (secondary N) is 1. The first-order chi connectivity index (χ1) is 14.8. The van der Waals surface area contributed by atoms with Gasteiger partial charge in [-0.05, 0) is 24.1 Å². The van der Waals surface area contributed by atoms with Crippen molar-refractivity contribution < 1.29 is 29.3 Å². The summed E-state index contributed by atoms with van der Waals surface area (Å²) in [5, 5.41) is 19.3. The van der Waals surface area contributed by atoms with Gasteiger partial charge in [0.2, 0.25) is 0 Å². The Labute approximate surface area is 176 Å². The van der Waals surface area contributed by atoms with Gasteiger partial charge in [-0.1, -0.05) is 36.4 Å². The van der Waals surface area contributed by atoms with Crippen LogP contribution in [0.1, 0.15) is 31.8 Å². The van der Waals surface area contributed by atoms with Crippen molar-refractivity contribution in [3.05, 3.63) is 75.1 Å². The van der Waals surface area contributed by atoms with Gasteiger partial charge >= 0.3 is 11.9 Å². The summed E-state index contributed by atoms with van der Waals surface area (Å²) in [5.74, 6) is -3.25. The van der Waals surface area contributed by atoms with E-state index < -0.39 is 34.4 Å². The van der Waals surface area contributed by atoms with Gasteiger partial charge in [0.15, 0.2) is 11.5 Å². The standard InChI is InChI=1S/C22H20N2O7/c1-11-6-3-4-7-12(11)10-31-18-13(8-5-9-14(18)30-2)15-16(21(26)27)19(23)24-20(25)17(15)22(28)29/h3-9H,10H2,1-2H3,(H,26,27)(H,28,29)(H3,23,24,25). The fourth-order valence-corrected chi connectivity index (χ4v) is 3.26. The number of para-hydroxylation sites is 1. The summed E-state index contributed by atoms with van der Waals surface area (Å²) >= 11 is 0. The lowest BCUT2D eigenvalue weighted by Gasteiger charge is -2.18. The van der Waals surface area contributed by atoms with Crippen molar-refractivity contribution in [1.29, 1.82) is 0 Å². The summed E-state index contributed by atoms with van der Waals surface area (Å²) in [5.41, 5.74) is 4.92. The minimum absolute atomic E-state index is 0.0561. The molecule has 0 fully saturated rings. The highest BCUT2D eigenvalue weighted by atomic mass is 16.5. The molecule has 5 N–H and O–H groups in total. The molecule has 2 aromatic carbocycles. The molecule has 0 unspecified atom stereocenters. The van der Waals surface area contributed by atoms with Crippen molar-refractivity contribution in [2.75, 3.05) is 12.8 Å². The number of nitrogens with two attached hydrogens (primary N) is 1. The van der Waals surface area contributed by atoms with Gasteiger partial charge in [0.05, 0.1) is 7.11 Å². The summed E-state index contributed by atoms with van der Waals surface area (Å²) in [6.45, 7) is 2.01. The molecule has 9 nitrogen and oxygen atoms in total. The second-order valence-electron chi connectivity index (χ2n) is 6.66. The number of nitrogen functional groups attached to an aromatic ring is 1. The third-order valence-electron chi connectivity index (χ3n) is 4.77. The van der Waals surface area contributed by atoms with Crippen molar-refractivity contribution >= 4 is 17.8 Å². The summed E-state index contributed by atoms with van der Waals surface area (Å²) in [6, 6.07) is 12.0. The summed E-state index contributed by atoms with van der Waals surface area (Å²) in [7, 11) is 1.39. The number of H-pyrrole nitrogens is 1. The lowest BCUT2D eigenvalue weighted by molar-refractivity contribution is 0.0695. The van der Waals surface area contributed by atoms with Gasteiger partial charge in [-0.15, -0.1) is 0 Å². The second kappa shape index (κ2) is 8.62. The molecule has 0 saturated heterocycles. The number of aromatic carboxylic acids is 2. The molecule has 3 rings (SSSR count). The Balaban J connectivity index is 2.29. The van der Waals surface area contributed by atoms with Gasteiger partial charge in [-0.2, -0.15) is 0 Å². The van der Waals surface area contributed by atoms with Crippen LogP contribution in [-0.4, -0.2) is 34.2 Å². The minimum atomic E-state index is -1.61. The van der Waals surface area contributed by atoms with Crippen molar-refractivity contribution in [2.24, 2.45) is 0 Å². The lowest BCUT2D eigenvalue weighted by atomic mass is 9.94. The largest absolute Gasteiger partial charge is 0.493 e. The predicted molar refractivity (Wildman–Crippen MR) is 113 cm³/mol. The van der Waals surface area contributed by atoms with E-state index in [1.807, 2.05) is 31.2 Å². The third kappa shape index (κ3) is 4.06. The van der Waals surface area contributed by atoms with Crippen molar-refractivity contribution in [1.82, 2.24) is 4.98 Å². The number of anilines is 1. The van der Waals surface area contributed by atoms with E-state index in [2.05, 4.69) is 4.98 Å². The number of aromatic amines is 1. The zero-order valence-electron chi connectivity index (χ0n) is 16.8. The fraction of sp³-hybridized carbons (Fsp3) is 0.136. The van der Waals surface area contributed by atoms with Gasteiger partial charge < -0.3 is 30.4 Å². The van der Waals surface area contributed by atoms with Crippen molar-refractivity contribution in [2.45, 2.75) is 13.5 Å². The van der Waals surface area contributed by atoms with Gasteiger partial charge in [0.25, 0.3) is 5.56 Å². The maximum Gasteiger partial charge on any atom is 0.342 e. The number of hydrogen-bond acceptors (Lipinski definition) is 6. The van der Waals surface area contributed by atoms with E-state index >= 15 is 0 Å². The van der Waals surface area contributed by atoms with Crippen LogP contribution in [0.5, 0.6) is 11.5 Å². The minimum Gasteiger partial charge on any atom is -0.493 e. The average molecular weight is 424 g/mol. The van der Waals surface area contributed by atoms with Crippen LogP contribution in [0.15, 0.2) is 47.3 Å². The first-order valence-corrected chi connectivity index (χ1v) is 9.13. The predicted octanol–water partition coefficient (Wildman–Crippen LogP) is 2.92. The Morgan fingerprint density at radius 2 is 1.71 bits per heavy atom. The smallest absolute Gasteiger partial charge is 0.342 e. The highest BCUT2D eigenvalue weighted by Gasteiger charge is 2.29. The molecule has 31 heavy (non-hydrogen) atoms. The number of carbonyl (C=O) groups is 2. The van der Waals surface area contributed by atoms with Gasteiger partial charge in [0, 0.05) is 11.1 Å². The van der Waals surface area contributed by atoms with Crippen molar-refractivity contribution in [3.8, 4) is 22.6 Å². The molecule has 0 aliphatic heterocycles. The van der Waals surface area contributed by atoms with Crippen LogP contribution in [0.25, 0.3) is 11.1 Å². The highest BCUT2D eigenvalue weighted by Crippen LogP contribution is 2.41. The number of ether oxygens (including phenoxy) is 2. The molecular weight excluding hydrogens is 404 g/mol. The summed E-state index contributed by atoms with van der Waals surface area (Å²) in [6.07, 6.45) is 0. The number of carboxylic acids is 2. The SMILES string of the molecule is COc1cccc(-c2c(C(=O)O)c(N)[nH]c(=O)c2C(=O)O)c1OCc1ccccc1C. The Morgan fingerprint density at radius 1 is 1.03 bits per heavy atom. The van der Waals surface area contributed by atoms with Crippen LogP contribution in [0, 0.1) is 6.92 Å². The molecule has 0 radical (unpaired) electrons. The number of benzene rings is 2. The number of methoxy groups -OCH3 is 1. The second-order valence-corrected chi connectivity index (χ2v) is 6.66. The van der Waals surface area contributed by atoms with E-state index in [0.717, 1.165) is 11.1 Å². The summed E-state index contributed by atoms with van der Waals surface area (Å²) in [4.78, 5) is 38.2. The molecule has 0 spiro atoms. The molecule has 0 amide bonds. The zero-order valence-corrected chi connectivity index (χ0v) is 16.8. The molecule has 9 heteroatoms. The number of carboxylic acid groups (broad SMARTS) is 2. The van der Waals surface area contributed by atoms with Gasteiger partial charge in [-0.3, -0.25) is 4.79 Å². The Kier molecular flexibility index (Phi) is 5.96. The van der Waals surface area contributed by atoms with E-state index in [4.69, 9.17) is 15.2 Å². The maximum absolute atomic E-state index is 12.4. The van der Waals surface area contributed by atoms with E-state index in [9.17, 15) is 24.6 Å². The maximum atomic E-state index is 12.4. The highest BCUT2D eigenvalue weighted by molar-refractivity contribution is 6.08. The molecular formula is C22H20N2O7. The molecule has 0 aliphatic rings. The Hall–Kier alpha value is -4.27. The van der Waals surface area contributed by atoms with Gasteiger partial charge in [-0.25, -0.2) is 9.59 Å². The van der Waals surface area contributed by atoms with Crippen LogP contribution in [-0.2, 0) is 6.61 Å². The number of rotatable bonds is 7. The van der Waals surface area contributed by atoms with Crippen molar-refractivity contribution in [3.63, 3.8) is 0 Å². The first-order valence-electron chi connectivity index (χ1n) is 9.13. The average Bonchev–Trinajstić information content (AvgIpc) is 2.71. The quantitative estimate of drug-likeness (QED) is 0.452. The number of pyridine rings is 1. The lowest BCUT2D eigenvalue weighted by Crippen LogP contribution is -2.24. The first kappa shape index (κ1) is 21.4. The third-order valence-corrected chi connectivity index (χ3v) is 4.77. The van der Waals surface area contributed by atoms with Gasteiger partial charge in [0.1, 0.15) is 23.6 Å². The van der Waals surface area contributed by atoms with E-state index in [1.54, 1.807) is 6.07 Å². The van der Waals surface area contributed by atoms with E-state index in [0.29, 0.717) is 0 Å². The Bertz CT molecular complexity index is 1230. The molecule has 0 atom stereocenters. The van der Waals surface area contributed by atoms with Crippen LogP contribution < -0.4 is 20.8 Å². The fourth-order valence-electron chi connectivity index (χ4n) is 3.26. The number of aromatic nitrogens is 1. The number of hydrogen-bond donors (Lipinski definition) is 4. The van der Waals surface area contributed by atoms with E-state index in [1.165, 1.54) is 19.2 Å². The topological polar surface area (TPSA) is 152 Å². The molecule has 0 aliphatic carbocycles. The molecule has 1 heterocycles. The van der Waals surface area contributed by atoms with Crippen LogP contribution in [0.3, 0.4) is 0 Å². The normalized spacial score (nSPS) is 10.5. The Morgan fingerprint density at radius 3 is 2.32 bits per heavy atom. The van der Waals surface area contributed by atoms with Crippen LogP contribution in [0.2, 0.25) is 0 Å². The summed E-state index contributed by atoms with van der Waals surface area (Å²) < 4.78 is 11.3. The molecule has 0 saturated carbocycles. The molecule has 3 aromatic rings. The van der Waals surface area contributed by atoms with E-state index in [-0.39, 0.29) is 29.2 Å². The number of aryl methyl sites for hydroxylation is 1. The molecule has 0 bridgehead atoms. The monoisotopic (exact) mass is 424 g/mol. The molecule has 1 aromatic heterocycles. The zero-order chi connectivity index (χ0) is 22.7. The van der Waals surface area contributed by atoms with Crippen LogP contribution >= 0.6 is 0 Å². The van der Waals surface area contributed by atoms with Crippen LogP contribution in [0.4, 0.5) is 5.82 Å².